The van der Waals surface area contributed by atoms with Gasteiger partial charge in [-0.3, -0.25) is 4.79 Å². The Hall–Kier alpha value is -3.09. The molecule has 3 aromatic rings. The summed E-state index contributed by atoms with van der Waals surface area (Å²) in [6, 6.07) is 12.5. The van der Waals surface area contributed by atoms with Gasteiger partial charge in [0, 0.05) is 24.7 Å². The van der Waals surface area contributed by atoms with Gasteiger partial charge < -0.3 is 9.32 Å². The Morgan fingerprint density at radius 2 is 1.86 bits per heavy atom. The number of aromatic nitrogens is 1. The van der Waals surface area contributed by atoms with E-state index in [-0.39, 0.29) is 29.9 Å². The molecule has 0 radical (unpaired) electrons. The Morgan fingerprint density at radius 3 is 2.57 bits per heavy atom. The molecule has 1 aliphatic carbocycles. The number of oxazole rings is 1. The van der Waals surface area contributed by atoms with Gasteiger partial charge in [0.1, 0.15) is 5.52 Å². The van der Waals surface area contributed by atoms with E-state index in [1.807, 2.05) is 12.1 Å². The molecule has 1 saturated carbocycles. The number of para-hydroxylation sites is 2. The predicted octanol–water partition coefficient (Wildman–Crippen LogP) is 5.05. The monoisotopic (exact) mass is 386 g/mol. The molecule has 1 aliphatic rings. The van der Waals surface area contributed by atoms with Crippen LogP contribution < -0.4 is 0 Å². The fourth-order valence-corrected chi connectivity index (χ4v) is 3.09. The van der Waals surface area contributed by atoms with E-state index in [1.54, 1.807) is 18.2 Å². The molecule has 7 heteroatoms. The maximum atomic E-state index is 13.2. The first-order valence-corrected chi connectivity index (χ1v) is 8.91. The summed E-state index contributed by atoms with van der Waals surface area (Å²) >= 11 is 0. The maximum Gasteiger partial charge on any atom is 0.416 e. The third-order valence-corrected chi connectivity index (χ3v) is 4.61. The molecule has 28 heavy (non-hydrogen) atoms. The number of hydrogen-bond acceptors (Lipinski definition) is 3. The number of amides is 1. The van der Waals surface area contributed by atoms with E-state index >= 15 is 0 Å². The third kappa shape index (κ3) is 3.93. The van der Waals surface area contributed by atoms with Crippen molar-refractivity contribution in [1.82, 2.24) is 9.88 Å². The minimum atomic E-state index is -4.46. The number of carbonyl (C=O) groups excluding carboxylic acids is 1. The van der Waals surface area contributed by atoms with Crippen molar-refractivity contribution in [1.29, 1.82) is 0 Å². The molecule has 2 aromatic carbocycles. The Morgan fingerprint density at radius 1 is 1.14 bits per heavy atom. The van der Waals surface area contributed by atoms with Gasteiger partial charge in [-0.1, -0.05) is 30.3 Å². The molecular weight excluding hydrogens is 369 g/mol. The molecule has 0 spiro atoms. The average molecular weight is 386 g/mol. The molecule has 4 nitrogen and oxygen atoms in total. The van der Waals surface area contributed by atoms with Gasteiger partial charge in [-0.25, -0.2) is 4.98 Å². The third-order valence-electron chi connectivity index (χ3n) is 4.61. The molecule has 144 valence electrons. The summed E-state index contributed by atoms with van der Waals surface area (Å²) < 4.78 is 45.3. The fraction of sp³-hybridized carbons (Fsp3) is 0.238. The van der Waals surface area contributed by atoms with E-state index < -0.39 is 11.7 Å². The van der Waals surface area contributed by atoms with Crippen LogP contribution in [0, 0.1) is 0 Å². The Labute approximate surface area is 159 Å². The second-order valence-electron chi connectivity index (χ2n) is 6.71. The summed E-state index contributed by atoms with van der Waals surface area (Å²) in [5, 5.41) is 0. The molecule has 0 N–H and O–H groups in total. The number of alkyl halides is 3. The number of carbonyl (C=O) groups is 1. The molecule has 1 heterocycles. The van der Waals surface area contributed by atoms with Crippen LogP contribution in [0.2, 0.25) is 0 Å². The van der Waals surface area contributed by atoms with Crippen molar-refractivity contribution < 1.29 is 22.4 Å². The van der Waals surface area contributed by atoms with Crippen molar-refractivity contribution in [2.24, 2.45) is 0 Å². The van der Waals surface area contributed by atoms with Gasteiger partial charge >= 0.3 is 6.18 Å². The second kappa shape index (κ2) is 7.14. The van der Waals surface area contributed by atoms with Crippen LogP contribution in [0.1, 0.15) is 29.9 Å². The normalized spacial score (nSPS) is 14.7. The van der Waals surface area contributed by atoms with E-state index in [4.69, 9.17) is 4.42 Å². The number of rotatable bonds is 5. The van der Waals surface area contributed by atoms with E-state index in [0.717, 1.165) is 18.9 Å². The van der Waals surface area contributed by atoms with Gasteiger partial charge in [0.15, 0.2) is 5.58 Å². The lowest BCUT2D eigenvalue weighted by atomic mass is 10.1. The topological polar surface area (TPSA) is 46.3 Å². The minimum absolute atomic E-state index is 0.0397. The molecule has 0 unspecified atom stereocenters. The van der Waals surface area contributed by atoms with Crippen LogP contribution >= 0.6 is 0 Å². The lowest BCUT2D eigenvalue weighted by Crippen LogP contribution is -2.32. The Kier molecular flexibility index (Phi) is 4.66. The van der Waals surface area contributed by atoms with Crippen molar-refractivity contribution in [2.75, 3.05) is 0 Å². The highest BCUT2D eigenvalue weighted by molar-refractivity contribution is 5.92. The van der Waals surface area contributed by atoms with Crippen LogP contribution in [0.5, 0.6) is 0 Å². The van der Waals surface area contributed by atoms with Gasteiger partial charge in [-0.2, -0.15) is 13.2 Å². The lowest BCUT2D eigenvalue weighted by Gasteiger charge is -2.23. The standard InChI is InChI=1S/C21H17F3N2O2/c22-21(23,24)16-6-2-1-5-14(16)13-26(15-9-10-15)20(27)12-11-19-25-17-7-3-4-8-18(17)28-19/h1-8,11-12,15H,9-10,13H2/b12-11+. The molecular formula is C21H17F3N2O2. The van der Waals surface area contributed by atoms with Crippen molar-refractivity contribution in [3.63, 3.8) is 0 Å². The van der Waals surface area contributed by atoms with Crippen molar-refractivity contribution in [2.45, 2.75) is 31.6 Å². The largest absolute Gasteiger partial charge is 0.437 e. The van der Waals surface area contributed by atoms with Crippen molar-refractivity contribution in [3.8, 4) is 0 Å². The van der Waals surface area contributed by atoms with Gasteiger partial charge in [0.05, 0.1) is 5.56 Å². The molecule has 0 bridgehead atoms. The number of benzene rings is 2. The summed E-state index contributed by atoms with van der Waals surface area (Å²) in [5.41, 5.74) is 0.655. The maximum absolute atomic E-state index is 13.2. The molecule has 1 fully saturated rings. The summed E-state index contributed by atoms with van der Waals surface area (Å²) in [5.74, 6) is -0.0808. The number of fused-ring (bicyclic) bond motifs is 1. The van der Waals surface area contributed by atoms with Crippen LogP contribution in [0.15, 0.2) is 59.0 Å². The molecule has 0 atom stereocenters. The smallest absolute Gasteiger partial charge is 0.416 e. The first kappa shape index (κ1) is 18.3. The first-order chi connectivity index (χ1) is 13.4. The zero-order valence-corrected chi connectivity index (χ0v) is 14.8. The SMILES string of the molecule is O=C(/C=C/c1nc2ccccc2o1)N(Cc1ccccc1C(F)(F)F)C1CC1. The quantitative estimate of drug-likeness (QED) is 0.577. The first-order valence-electron chi connectivity index (χ1n) is 8.91. The molecule has 1 amide bonds. The highest BCUT2D eigenvalue weighted by Crippen LogP contribution is 2.35. The minimum Gasteiger partial charge on any atom is -0.437 e. The average Bonchev–Trinajstić information content (AvgIpc) is 3.42. The number of halogens is 3. The van der Waals surface area contributed by atoms with Crippen LogP contribution in [-0.4, -0.2) is 21.8 Å². The number of nitrogens with zero attached hydrogens (tertiary/aromatic N) is 2. The van der Waals surface area contributed by atoms with Gasteiger partial charge in [-0.15, -0.1) is 0 Å². The van der Waals surface area contributed by atoms with Gasteiger partial charge in [-0.05, 0) is 36.6 Å². The van der Waals surface area contributed by atoms with E-state index in [1.165, 1.54) is 29.2 Å². The molecule has 1 aromatic heterocycles. The predicted molar refractivity (Wildman–Crippen MR) is 98.1 cm³/mol. The highest BCUT2D eigenvalue weighted by Gasteiger charge is 2.36. The zero-order valence-electron chi connectivity index (χ0n) is 14.8. The van der Waals surface area contributed by atoms with Gasteiger partial charge in [0.2, 0.25) is 11.8 Å². The summed E-state index contributed by atoms with van der Waals surface area (Å²) in [6.07, 6.45) is -0.122. The summed E-state index contributed by atoms with van der Waals surface area (Å²) in [6.45, 7) is -0.0862. The highest BCUT2D eigenvalue weighted by atomic mass is 19.4. The zero-order chi connectivity index (χ0) is 19.7. The fourth-order valence-electron chi connectivity index (χ4n) is 3.09. The Balaban J connectivity index is 1.54. The molecule has 4 rings (SSSR count). The summed E-state index contributed by atoms with van der Waals surface area (Å²) in [7, 11) is 0. The Bertz CT molecular complexity index is 1000. The van der Waals surface area contributed by atoms with Crippen LogP contribution in [-0.2, 0) is 17.5 Å². The van der Waals surface area contributed by atoms with Gasteiger partial charge in [0.25, 0.3) is 0 Å². The van der Waals surface area contributed by atoms with Crippen molar-refractivity contribution in [3.05, 3.63) is 71.6 Å². The van der Waals surface area contributed by atoms with E-state index in [0.29, 0.717) is 11.1 Å². The second-order valence-corrected chi connectivity index (χ2v) is 6.71. The van der Waals surface area contributed by atoms with Crippen molar-refractivity contribution >= 4 is 23.1 Å². The van der Waals surface area contributed by atoms with Crippen LogP contribution in [0.4, 0.5) is 13.2 Å². The van der Waals surface area contributed by atoms with Crippen LogP contribution in [0.3, 0.4) is 0 Å². The van der Waals surface area contributed by atoms with E-state index in [2.05, 4.69) is 4.98 Å². The summed E-state index contributed by atoms with van der Waals surface area (Å²) in [4.78, 5) is 18.4. The lowest BCUT2D eigenvalue weighted by molar-refractivity contribution is -0.139. The molecule has 0 saturated heterocycles. The van der Waals surface area contributed by atoms with E-state index in [9.17, 15) is 18.0 Å². The van der Waals surface area contributed by atoms with Crippen LogP contribution in [0.25, 0.3) is 17.2 Å². The number of hydrogen-bond donors (Lipinski definition) is 0. The molecule has 0 aliphatic heterocycles.